The summed E-state index contributed by atoms with van der Waals surface area (Å²) in [6.07, 6.45) is 3.51. The van der Waals surface area contributed by atoms with E-state index < -0.39 is 5.97 Å². The van der Waals surface area contributed by atoms with Crippen LogP contribution in [0.15, 0.2) is 5.16 Å². The summed E-state index contributed by atoms with van der Waals surface area (Å²) >= 11 is 1.23. The number of anilines is 1. The molecular formula is C12H20N4O2S. The van der Waals surface area contributed by atoms with Gasteiger partial charge < -0.3 is 10.0 Å². The van der Waals surface area contributed by atoms with Crippen molar-refractivity contribution >= 4 is 23.7 Å². The van der Waals surface area contributed by atoms with Gasteiger partial charge in [-0.25, -0.2) is 0 Å². The average molecular weight is 284 g/mol. The summed E-state index contributed by atoms with van der Waals surface area (Å²) in [5.74, 6) is 0.0829. The molecule has 0 amide bonds. The van der Waals surface area contributed by atoms with E-state index in [1.54, 1.807) is 0 Å². The molecule has 0 atom stereocenters. The van der Waals surface area contributed by atoms with Crippen LogP contribution in [0.1, 0.15) is 33.1 Å². The zero-order valence-corrected chi connectivity index (χ0v) is 12.2. The predicted molar refractivity (Wildman–Crippen MR) is 74.7 cm³/mol. The van der Waals surface area contributed by atoms with E-state index in [-0.39, 0.29) is 5.75 Å². The molecule has 0 unspecified atom stereocenters. The van der Waals surface area contributed by atoms with Crippen molar-refractivity contribution < 1.29 is 9.90 Å². The van der Waals surface area contributed by atoms with Gasteiger partial charge in [0.05, 0.1) is 5.75 Å². The molecule has 7 heteroatoms. The van der Waals surface area contributed by atoms with Crippen molar-refractivity contribution in [3.8, 4) is 0 Å². The quantitative estimate of drug-likeness (QED) is 0.735. The molecule has 0 radical (unpaired) electrons. The maximum absolute atomic E-state index is 10.6. The van der Waals surface area contributed by atoms with E-state index in [2.05, 4.69) is 22.0 Å². The Morgan fingerprint density at radius 2 is 2.21 bits per heavy atom. The lowest BCUT2D eigenvalue weighted by Crippen LogP contribution is -2.29. The Labute approximate surface area is 117 Å². The fourth-order valence-electron chi connectivity index (χ4n) is 2.08. The molecule has 1 aromatic heterocycles. The summed E-state index contributed by atoms with van der Waals surface area (Å²) in [4.78, 5) is 13.0. The highest BCUT2D eigenvalue weighted by Crippen LogP contribution is 2.32. The van der Waals surface area contributed by atoms with Crippen molar-refractivity contribution in [2.75, 3.05) is 17.2 Å². The third kappa shape index (κ3) is 3.40. The van der Waals surface area contributed by atoms with Gasteiger partial charge in [0.1, 0.15) is 0 Å². The minimum atomic E-state index is -0.829. The van der Waals surface area contributed by atoms with E-state index in [0.717, 1.165) is 25.5 Å². The van der Waals surface area contributed by atoms with Crippen molar-refractivity contribution in [2.45, 2.75) is 50.9 Å². The first-order chi connectivity index (χ1) is 9.17. The monoisotopic (exact) mass is 284 g/mol. The van der Waals surface area contributed by atoms with Crippen molar-refractivity contribution in [1.29, 1.82) is 0 Å². The zero-order valence-electron chi connectivity index (χ0n) is 11.4. The van der Waals surface area contributed by atoms with Gasteiger partial charge in [-0.2, -0.15) is 0 Å². The number of hydrogen-bond acceptors (Lipinski definition) is 5. The summed E-state index contributed by atoms with van der Waals surface area (Å²) in [6.45, 7) is 5.93. The second-order valence-electron chi connectivity index (χ2n) is 4.63. The zero-order chi connectivity index (χ0) is 13.8. The molecule has 1 N–H and O–H groups in total. The Morgan fingerprint density at radius 3 is 2.74 bits per heavy atom. The fourth-order valence-corrected chi connectivity index (χ4v) is 2.79. The third-order valence-electron chi connectivity index (χ3n) is 3.05. The number of aliphatic carboxylic acids is 1. The lowest BCUT2D eigenvalue weighted by Gasteiger charge is -2.23. The first-order valence-corrected chi connectivity index (χ1v) is 7.70. The van der Waals surface area contributed by atoms with Crippen LogP contribution in [0, 0.1) is 0 Å². The van der Waals surface area contributed by atoms with Crippen molar-refractivity contribution in [3.63, 3.8) is 0 Å². The molecule has 1 aliphatic rings. The Hall–Kier alpha value is -1.24. The average Bonchev–Trinajstić information content (AvgIpc) is 3.13. The molecular weight excluding hydrogens is 264 g/mol. The van der Waals surface area contributed by atoms with E-state index in [1.165, 1.54) is 24.6 Å². The third-order valence-corrected chi connectivity index (χ3v) is 4.00. The minimum absolute atomic E-state index is 0.0232. The van der Waals surface area contributed by atoms with Crippen molar-refractivity contribution in [2.24, 2.45) is 0 Å². The van der Waals surface area contributed by atoms with Gasteiger partial charge in [0, 0.05) is 19.1 Å². The van der Waals surface area contributed by atoms with Gasteiger partial charge in [0.2, 0.25) is 5.95 Å². The number of hydrogen-bond donors (Lipinski definition) is 1. The highest BCUT2D eigenvalue weighted by molar-refractivity contribution is 7.99. The molecule has 1 heterocycles. The lowest BCUT2D eigenvalue weighted by molar-refractivity contribution is -0.133. The molecule has 1 fully saturated rings. The molecule has 0 bridgehead atoms. The first-order valence-electron chi connectivity index (χ1n) is 6.71. The van der Waals surface area contributed by atoms with Crippen LogP contribution >= 0.6 is 11.8 Å². The maximum atomic E-state index is 10.6. The van der Waals surface area contributed by atoms with Crippen LogP contribution in [0.3, 0.4) is 0 Å². The molecule has 106 valence electrons. The standard InChI is InChI=1S/C12H20N4O2S/c1-3-7-16(9-5-6-9)11-13-14-12(15(11)4-2)19-8-10(17)18/h9H,3-8H2,1-2H3,(H,17,18). The van der Waals surface area contributed by atoms with Crippen LogP contribution in [0.2, 0.25) is 0 Å². The molecule has 0 spiro atoms. The van der Waals surface area contributed by atoms with Crippen LogP contribution in [-0.4, -0.2) is 44.2 Å². The summed E-state index contributed by atoms with van der Waals surface area (Å²) < 4.78 is 2.02. The van der Waals surface area contributed by atoms with E-state index in [1.807, 2.05) is 11.5 Å². The molecule has 0 saturated heterocycles. The Kier molecular flexibility index (Phi) is 4.68. The van der Waals surface area contributed by atoms with E-state index >= 15 is 0 Å². The van der Waals surface area contributed by atoms with Gasteiger partial charge in [0.25, 0.3) is 0 Å². The van der Waals surface area contributed by atoms with Crippen molar-refractivity contribution in [1.82, 2.24) is 14.8 Å². The number of carboxylic acid groups (broad SMARTS) is 1. The number of thioether (sulfide) groups is 1. The largest absolute Gasteiger partial charge is 0.481 e. The number of nitrogens with zero attached hydrogens (tertiary/aromatic N) is 4. The first kappa shape index (κ1) is 14.2. The molecule has 0 aliphatic heterocycles. The van der Waals surface area contributed by atoms with Crippen LogP contribution in [0.5, 0.6) is 0 Å². The molecule has 6 nitrogen and oxygen atoms in total. The smallest absolute Gasteiger partial charge is 0.313 e. The van der Waals surface area contributed by atoms with Crippen LogP contribution in [-0.2, 0) is 11.3 Å². The number of carbonyl (C=O) groups is 1. The Bertz CT molecular complexity index is 445. The van der Waals surface area contributed by atoms with E-state index in [0.29, 0.717) is 11.2 Å². The minimum Gasteiger partial charge on any atom is -0.481 e. The number of carboxylic acids is 1. The Balaban J connectivity index is 2.17. The molecule has 0 aromatic carbocycles. The van der Waals surface area contributed by atoms with E-state index in [9.17, 15) is 4.79 Å². The second kappa shape index (κ2) is 6.27. The molecule has 2 rings (SSSR count). The van der Waals surface area contributed by atoms with Gasteiger partial charge in [-0.1, -0.05) is 18.7 Å². The molecule has 1 aliphatic carbocycles. The van der Waals surface area contributed by atoms with Gasteiger partial charge in [-0.3, -0.25) is 9.36 Å². The summed E-state index contributed by atoms with van der Waals surface area (Å²) in [6, 6.07) is 0.590. The predicted octanol–water partition coefficient (Wildman–Crippen LogP) is 1.85. The van der Waals surface area contributed by atoms with Gasteiger partial charge >= 0.3 is 5.97 Å². The normalized spacial score (nSPS) is 14.6. The van der Waals surface area contributed by atoms with Gasteiger partial charge in [-0.15, -0.1) is 10.2 Å². The maximum Gasteiger partial charge on any atom is 0.313 e. The number of aromatic nitrogens is 3. The van der Waals surface area contributed by atoms with Crippen LogP contribution in [0.25, 0.3) is 0 Å². The second-order valence-corrected chi connectivity index (χ2v) is 5.58. The van der Waals surface area contributed by atoms with Gasteiger partial charge in [-0.05, 0) is 26.2 Å². The lowest BCUT2D eigenvalue weighted by atomic mass is 10.4. The highest BCUT2D eigenvalue weighted by atomic mass is 32.2. The summed E-state index contributed by atoms with van der Waals surface area (Å²) in [5.41, 5.74) is 0. The summed E-state index contributed by atoms with van der Waals surface area (Å²) in [5, 5.41) is 17.9. The summed E-state index contributed by atoms with van der Waals surface area (Å²) in [7, 11) is 0. The van der Waals surface area contributed by atoms with Crippen LogP contribution in [0.4, 0.5) is 5.95 Å². The molecule has 1 saturated carbocycles. The molecule has 1 aromatic rings. The van der Waals surface area contributed by atoms with Crippen LogP contribution < -0.4 is 4.90 Å². The molecule has 19 heavy (non-hydrogen) atoms. The highest BCUT2D eigenvalue weighted by Gasteiger charge is 2.32. The Morgan fingerprint density at radius 1 is 1.47 bits per heavy atom. The fraction of sp³-hybridized carbons (Fsp3) is 0.750. The van der Waals surface area contributed by atoms with E-state index in [4.69, 9.17) is 5.11 Å². The SMILES string of the molecule is CCCN(c1nnc(SCC(=O)O)n1CC)C1CC1. The van der Waals surface area contributed by atoms with Gasteiger partial charge in [0.15, 0.2) is 5.16 Å². The topological polar surface area (TPSA) is 71.2 Å². The number of rotatable bonds is 8. The van der Waals surface area contributed by atoms with Crippen molar-refractivity contribution in [3.05, 3.63) is 0 Å².